The monoisotopic (exact) mass is 252 g/mol. The highest BCUT2D eigenvalue weighted by Gasteiger charge is 2.24. The molecule has 1 N–H and O–H groups in total. The first kappa shape index (κ1) is 12.0. The van der Waals surface area contributed by atoms with Gasteiger partial charge in [-0.25, -0.2) is 0 Å². The summed E-state index contributed by atoms with van der Waals surface area (Å²) in [6.45, 7) is 0.707. The minimum Gasteiger partial charge on any atom is -0.356 e. The number of carbonyl (C=O) groups excluding carboxylic acids is 1. The Labute approximate surface area is 104 Å². The van der Waals surface area contributed by atoms with Crippen molar-refractivity contribution >= 4 is 23.2 Å². The number of rotatable bonds is 2. The van der Waals surface area contributed by atoms with Crippen molar-refractivity contribution in [3.8, 4) is 0 Å². The summed E-state index contributed by atoms with van der Waals surface area (Å²) in [6, 6.07) is 4.77. The van der Waals surface area contributed by atoms with Gasteiger partial charge in [0, 0.05) is 11.6 Å². The van der Waals surface area contributed by atoms with Crippen LogP contribution in [0.2, 0.25) is 5.02 Å². The van der Waals surface area contributed by atoms with Crippen LogP contribution in [-0.2, 0) is 4.79 Å². The van der Waals surface area contributed by atoms with Gasteiger partial charge in [0.1, 0.15) is 5.69 Å². The van der Waals surface area contributed by atoms with Gasteiger partial charge < -0.3 is 5.32 Å². The molecule has 5 heteroatoms. The molecule has 0 bridgehead atoms. The summed E-state index contributed by atoms with van der Waals surface area (Å²) in [5.41, 5.74) is 1.00. The van der Waals surface area contributed by atoms with Gasteiger partial charge in [-0.05, 0) is 41.8 Å². The third-order valence-electron chi connectivity index (χ3n) is 3.00. The van der Waals surface area contributed by atoms with Crippen LogP contribution < -0.4 is 5.32 Å². The van der Waals surface area contributed by atoms with Gasteiger partial charge in [0.15, 0.2) is 0 Å². The van der Waals surface area contributed by atoms with E-state index in [9.17, 15) is 9.70 Å². The number of nitrogens with one attached hydrogen (secondary N) is 1. The second-order valence-electron chi connectivity index (χ2n) is 4.14. The van der Waals surface area contributed by atoms with E-state index in [4.69, 9.17) is 11.6 Å². The van der Waals surface area contributed by atoms with Crippen molar-refractivity contribution in [2.24, 2.45) is 5.18 Å². The smallest absolute Gasteiger partial charge is 0.227 e. The molecule has 0 aliphatic carbocycles. The SMILES string of the molecule is O=Nc1ccc(Cl)c(C2CCCCNC2=O)c1. The van der Waals surface area contributed by atoms with Crippen molar-refractivity contribution in [1.29, 1.82) is 0 Å². The maximum atomic E-state index is 11.9. The van der Waals surface area contributed by atoms with Crippen LogP contribution in [0, 0.1) is 4.91 Å². The quantitative estimate of drug-likeness (QED) is 0.822. The van der Waals surface area contributed by atoms with E-state index in [0.717, 1.165) is 19.3 Å². The highest BCUT2D eigenvalue weighted by Crippen LogP contribution is 2.32. The molecule has 1 aliphatic rings. The van der Waals surface area contributed by atoms with Crippen LogP contribution in [0.25, 0.3) is 0 Å². The van der Waals surface area contributed by atoms with E-state index in [-0.39, 0.29) is 11.8 Å². The number of nitrogens with zero attached hydrogens (tertiary/aromatic N) is 1. The molecule has 1 aliphatic heterocycles. The fraction of sp³-hybridized carbons (Fsp3) is 0.417. The lowest BCUT2D eigenvalue weighted by Crippen LogP contribution is -2.27. The average molecular weight is 253 g/mol. The molecule has 1 amide bonds. The van der Waals surface area contributed by atoms with E-state index in [0.29, 0.717) is 22.8 Å². The lowest BCUT2D eigenvalue weighted by atomic mass is 9.93. The molecule has 1 aromatic carbocycles. The van der Waals surface area contributed by atoms with Crippen LogP contribution in [0.3, 0.4) is 0 Å². The molecule has 1 atom stereocenters. The van der Waals surface area contributed by atoms with Crippen LogP contribution >= 0.6 is 11.6 Å². The summed E-state index contributed by atoms with van der Waals surface area (Å²) < 4.78 is 0. The van der Waals surface area contributed by atoms with E-state index in [1.807, 2.05) is 0 Å². The first-order valence-corrected chi connectivity index (χ1v) is 6.00. The Morgan fingerprint density at radius 1 is 1.35 bits per heavy atom. The lowest BCUT2D eigenvalue weighted by Gasteiger charge is -2.15. The van der Waals surface area contributed by atoms with E-state index >= 15 is 0 Å². The van der Waals surface area contributed by atoms with E-state index in [1.165, 1.54) is 0 Å². The third-order valence-corrected chi connectivity index (χ3v) is 3.34. The van der Waals surface area contributed by atoms with Crippen molar-refractivity contribution in [3.63, 3.8) is 0 Å². The summed E-state index contributed by atoms with van der Waals surface area (Å²) in [5.74, 6) is -0.292. The maximum absolute atomic E-state index is 11.9. The fourth-order valence-corrected chi connectivity index (χ4v) is 2.34. The van der Waals surface area contributed by atoms with Gasteiger partial charge >= 0.3 is 0 Å². The Morgan fingerprint density at radius 3 is 2.94 bits per heavy atom. The molecule has 1 heterocycles. The number of carbonyl (C=O) groups is 1. The van der Waals surface area contributed by atoms with Crippen LogP contribution in [0.1, 0.15) is 30.7 Å². The number of amides is 1. The van der Waals surface area contributed by atoms with Crippen molar-refractivity contribution < 1.29 is 4.79 Å². The highest BCUT2D eigenvalue weighted by atomic mass is 35.5. The van der Waals surface area contributed by atoms with Crippen molar-refractivity contribution in [2.75, 3.05) is 6.54 Å². The van der Waals surface area contributed by atoms with Crippen molar-refractivity contribution in [2.45, 2.75) is 25.2 Å². The molecule has 0 saturated carbocycles. The van der Waals surface area contributed by atoms with Crippen LogP contribution in [-0.4, -0.2) is 12.5 Å². The molecule has 1 fully saturated rings. The molecule has 17 heavy (non-hydrogen) atoms. The number of nitroso groups, excluding NO2 is 1. The van der Waals surface area contributed by atoms with E-state index < -0.39 is 0 Å². The Kier molecular flexibility index (Phi) is 3.74. The number of halogens is 1. The normalized spacial score (nSPS) is 20.5. The molecular formula is C12H13ClN2O2. The zero-order valence-electron chi connectivity index (χ0n) is 9.28. The maximum Gasteiger partial charge on any atom is 0.227 e. The van der Waals surface area contributed by atoms with Crippen LogP contribution in [0.4, 0.5) is 5.69 Å². The molecule has 1 saturated heterocycles. The highest BCUT2D eigenvalue weighted by molar-refractivity contribution is 6.31. The average Bonchev–Trinajstić information content (AvgIpc) is 2.55. The van der Waals surface area contributed by atoms with Crippen LogP contribution in [0.15, 0.2) is 23.4 Å². The predicted octanol–water partition coefficient (Wildman–Crippen LogP) is 3.12. The topological polar surface area (TPSA) is 58.5 Å². The third kappa shape index (κ3) is 2.64. The summed E-state index contributed by atoms with van der Waals surface area (Å²) in [5, 5.41) is 6.24. The van der Waals surface area contributed by atoms with E-state index in [2.05, 4.69) is 10.5 Å². The Balaban J connectivity index is 2.36. The molecule has 0 radical (unpaired) electrons. The van der Waals surface area contributed by atoms with E-state index in [1.54, 1.807) is 18.2 Å². The van der Waals surface area contributed by atoms with Crippen LogP contribution in [0.5, 0.6) is 0 Å². The zero-order chi connectivity index (χ0) is 12.3. The second kappa shape index (κ2) is 5.27. The minimum absolute atomic E-state index is 0.0209. The van der Waals surface area contributed by atoms with Gasteiger partial charge in [0.2, 0.25) is 5.91 Å². The number of hydrogen-bond acceptors (Lipinski definition) is 3. The summed E-state index contributed by atoms with van der Waals surface area (Å²) in [7, 11) is 0. The molecule has 0 aromatic heterocycles. The summed E-state index contributed by atoms with van der Waals surface area (Å²) in [6.07, 6.45) is 2.71. The summed E-state index contributed by atoms with van der Waals surface area (Å²) >= 11 is 6.08. The fourth-order valence-electron chi connectivity index (χ4n) is 2.09. The first-order chi connectivity index (χ1) is 8.22. The van der Waals surface area contributed by atoms with Gasteiger partial charge in [-0.15, -0.1) is 4.91 Å². The molecule has 1 unspecified atom stereocenters. The van der Waals surface area contributed by atoms with Crippen molar-refractivity contribution in [1.82, 2.24) is 5.32 Å². The molecule has 2 rings (SSSR count). The lowest BCUT2D eigenvalue weighted by molar-refractivity contribution is -0.122. The zero-order valence-corrected chi connectivity index (χ0v) is 10.0. The minimum atomic E-state index is -0.272. The number of hydrogen-bond donors (Lipinski definition) is 1. The van der Waals surface area contributed by atoms with Gasteiger partial charge in [-0.2, -0.15) is 0 Å². The largest absolute Gasteiger partial charge is 0.356 e. The molecule has 1 aromatic rings. The second-order valence-corrected chi connectivity index (χ2v) is 4.54. The molecule has 0 spiro atoms. The standard InChI is InChI=1S/C12H13ClN2O2/c13-11-5-4-8(15-17)7-10(11)9-3-1-2-6-14-12(9)16/h4-5,7,9H,1-3,6H2,(H,14,16). The van der Waals surface area contributed by atoms with Gasteiger partial charge in [-0.3, -0.25) is 4.79 Å². The Morgan fingerprint density at radius 2 is 2.18 bits per heavy atom. The van der Waals surface area contributed by atoms with Gasteiger partial charge in [0.25, 0.3) is 0 Å². The Bertz CT molecular complexity index is 448. The van der Waals surface area contributed by atoms with Gasteiger partial charge in [-0.1, -0.05) is 18.0 Å². The predicted molar refractivity (Wildman–Crippen MR) is 66.5 cm³/mol. The molecule has 90 valence electrons. The summed E-state index contributed by atoms with van der Waals surface area (Å²) in [4.78, 5) is 22.4. The van der Waals surface area contributed by atoms with Gasteiger partial charge in [0.05, 0.1) is 5.92 Å². The Hall–Kier alpha value is -1.42. The first-order valence-electron chi connectivity index (χ1n) is 5.63. The van der Waals surface area contributed by atoms with Crippen molar-refractivity contribution in [3.05, 3.63) is 33.7 Å². The molecule has 4 nitrogen and oxygen atoms in total. The number of benzene rings is 1. The molecular weight excluding hydrogens is 240 g/mol.